The number of nitrogens with zero attached hydrogens (tertiary/aromatic N) is 6. The van der Waals surface area contributed by atoms with E-state index in [-0.39, 0.29) is 0 Å². The number of ether oxygens (including phenoxy) is 3. The summed E-state index contributed by atoms with van der Waals surface area (Å²) in [5.41, 5.74) is 3.70. The minimum atomic E-state index is 0.425. The van der Waals surface area contributed by atoms with Crippen LogP contribution in [0.2, 0.25) is 0 Å². The molecule has 1 aromatic heterocycles. The van der Waals surface area contributed by atoms with Crippen LogP contribution in [0, 0.1) is 0 Å². The first kappa shape index (κ1) is 21.0. The fourth-order valence-corrected chi connectivity index (χ4v) is 3.91. The molecule has 0 aliphatic carbocycles. The van der Waals surface area contributed by atoms with Gasteiger partial charge in [-0.05, 0) is 37.8 Å². The topological polar surface area (TPSA) is 97.2 Å². The third-order valence-electron chi connectivity index (χ3n) is 5.49. The van der Waals surface area contributed by atoms with Crippen molar-refractivity contribution in [3.05, 3.63) is 17.7 Å². The van der Waals surface area contributed by atoms with Crippen LogP contribution in [0.25, 0.3) is 0 Å². The molecular weight excluding hydrogens is 398 g/mol. The van der Waals surface area contributed by atoms with Crippen molar-refractivity contribution < 1.29 is 14.2 Å². The second kappa shape index (κ2) is 9.67. The minimum absolute atomic E-state index is 0.425. The summed E-state index contributed by atoms with van der Waals surface area (Å²) in [4.78, 5) is 18.3. The van der Waals surface area contributed by atoms with Crippen molar-refractivity contribution in [3.8, 4) is 17.2 Å². The monoisotopic (exact) mass is 427 g/mol. The van der Waals surface area contributed by atoms with Gasteiger partial charge in [-0.2, -0.15) is 20.1 Å². The van der Waals surface area contributed by atoms with Crippen molar-refractivity contribution in [2.75, 3.05) is 62.7 Å². The minimum Gasteiger partial charge on any atom is -0.493 e. The molecule has 0 spiro atoms. The van der Waals surface area contributed by atoms with Crippen LogP contribution < -0.4 is 29.4 Å². The molecule has 2 fully saturated rings. The fourth-order valence-electron chi connectivity index (χ4n) is 3.91. The highest BCUT2D eigenvalue weighted by molar-refractivity contribution is 5.86. The van der Waals surface area contributed by atoms with Crippen molar-refractivity contribution in [1.82, 2.24) is 15.0 Å². The fraction of sp³-hybridized carbons (Fsp3) is 0.524. The number of anilines is 3. The number of hydrazone groups is 1. The van der Waals surface area contributed by atoms with Gasteiger partial charge in [-0.3, -0.25) is 0 Å². The SMILES string of the molecule is COc1ccc(/C=N\Nc2nc(N3CCCC3)nc(N3CCCC3)n2)c(OC)c1OC. The van der Waals surface area contributed by atoms with Crippen molar-refractivity contribution in [1.29, 1.82) is 0 Å². The Hall–Kier alpha value is -3.30. The molecule has 4 rings (SSSR count). The summed E-state index contributed by atoms with van der Waals surface area (Å²) in [5.74, 6) is 3.48. The Bertz CT molecular complexity index is 891. The average Bonchev–Trinajstić information content (AvgIpc) is 3.53. The molecule has 0 bridgehead atoms. The molecule has 1 N–H and O–H groups in total. The lowest BCUT2D eigenvalue weighted by atomic mass is 10.2. The summed E-state index contributed by atoms with van der Waals surface area (Å²) >= 11 is 0. The van der Waals surface area contributed by atoms with Crippen LogP contribution in [-0.4, -0.2) is 68.7 Å². The molecule has 0 unspecified atom stereocenters. The average molecular weight is 428 g/mol. The molecule has 31 heavy (non-hydrogen) atoms. The lowest BCUT2D eigenvalue weighted by Crippen LogP contribution is -2.25. The number of methoxy groups -OCH3 is 3. The highest BCUT2D eigenvalue weighted by Gasteiger charge is 2.21. The van der Waals surface area contributed by atoms with Crippen LogP contribution in [0.3, 0.4) is 0 Å². The maximum atomic E-state index is 5.51. The predicted molar refractivity (Wildman–Crippen MR) is 120 cm³/mol. The van der Waals surface area contributed by atoms with Gasteiger partial charge in [0.25, 0.3) is 0 Å². The standard InChI is InChI=1S/C21H29N7O3/c1-29-16-9-8-15(17(30-2)18(16)31-3)14-22-26-19-23-20(27-10-4-5-11-27)25-21(24-19)28-12-6-7-13-28/h8-9,14H,4-7,10-13H2,1-3H3,(H,23,24,25,26)/b22-14-. The van der Waals surface area contributed by atoms with Crippen LogP contribution >= 0.6 is 0 Å². The third-order valence-corrected chi connectivity index (χ3v) is 5.49. The van der Waals surface area contributed by atoms with Gasteiger partial charge in [0, 0.05) is 31.7 Å². The van der Waals surface area contributed by atoms with Gasteiger partial charge in [0.15, 0.2) is 11.5 Å². The van der Waals surface area contributed by atoms with E-state index in [0.29, 0.717) is 35.1 Å². The van der Waals surface area contributed by atoms with Crippen molar-refractivity contribution in [2.45, 2.75) is 25.7 Å². The molecule has 0 amide bonds. The third kappa shape index (κ3) is 4.57. The van der Waals surface area contributed by atoms with Crippen LogP contribution in [0.15, 0.2) is 17.2 Å². The van der Waals surface area contributed by atoms with Gasteiger partial charge in [-0.15, -0.1) is 0 Å². The van der Waals surface area contributed by atoms with E-state index in [0.717, 1.165) is 57.4 Å². The van der Waals surface area contributed by atoms with E-state index in [1.165, 1.54) is 0 Å². The van der Waals surface area contributed by atoms with Crippen molar-refractivity contribution >= 4 is 24.1 Å². The molecule has 2 aromatic rings. The quantitative estimate of drug-likeness (QED) is 0.503. The summed E-state index contributed by atoms with van der Waals surface area (Å²) in [7, 11) is 4.74. The molecule has 3 heterocycles. The Morgan fingerprint density at radius 2 is 1.39 bits per heavy atom. The molecule has 2 aliphatic heterocycles. The molecule has 0 atom stereocenters. The second-order valence-electron chi connectivity index (χ2n) is 7.44. The number of benzene rings is 1. The zero-order valence-corrected chi connectivity index (χ0v) is 18.3. The summed E-state index contributed by atoms with van der Waals surface area (Å²) < 4.78 is 16.3. The molecule has 166 valence electrons. The number of hydrogen-bond donors (Lipinski definition) is 1. The maximum Gasteiger partial charge on any atom is 0.250 e. The first-order valence-electron chi connectivity index (χ1n) is 10.6. The Morgan fingerprint density at radius 3 is 1.90 bits per heavy atom. The van der Waals surface area contributed by atoms with Gasteiger partial charge in [-0.25, -0.2) is 5.43 Å². The van der Waals surface area contributed by atoms with Gasteiger partial charge in [0.2, 0.25) is 23.6 Å². The normalized spacial score (nSPS) is 16.2. The number of hydrogen-bond acceptors (Lipinski definition) is 10. The van der Waals surface area contributed by atoms with E-state index < -0.39 is 0 Å². The number of rotatable bonds is 8. The molecule has 2 aliphatic rings. The van der Waals surface area contributed by atoms with Crippen LogP contribution in [0.1, 0.15) is 31.2 Å². The molecular formula is C21H29N7O3. The van der Waals surface area contributed by atoms with Crippen molar-refractivity contribution in [3.63, 3.8) is 0 Å². The van der Waals surface area contributed by atoms with Crippen LogP contribution in [0.5, 0.6) is 17.2 Å². The predicted octanol–water partition coefficient (Wildman–Crippen LogP) is 2.54. The van der Waals surface area contributed by atoms with Gasteiger partial charge >= 0.3 is 0 Å². The van der Waals surface area contributed by atoms with E-state index in [9.17, 15) is 0 Å². The van der Waals surface area contributed by atoms with Gasteiger partial charge < -0.3 is 24.0 Å². The van der Waals surface area contributed by atoms with E-state index in [2.05, 4.69) is 30.3 Å². The second-order valence-corrected chi connectivity index (χ2v) is 7.44. The van der Waals surface area contributed by atoms with E-state index in [4.69, 9.17) is 19.2 Å². The highest BCUT2D eigenvalue weighted by Crippen LogP contribution is 2.39. The summed E-state index contributed by atoms with van der Waals surface area (Å²) in [6.07, 6.45) is 6.28. The van der Waals surface area contributed by atoms with E-state index in [1.54, 1.807) is 27.5 Å². The van der Waals surface area contributed by atoms with Crippen LogP contribution in [-0.2, 0) is 0 Å². The Labute approximate surface area is 182 Å². The molecule has 0 saturated carbocycles. The van der Waals surface area contributed by atoms with Crippen molar-refractivity contribution in [2.24, 2.45) is 5.10 Å². The molecule has 0 radical (unpaired) electrons. The summed E-state index contributed by atoms with van der Waals surface area (Å²) in [6.45, 7) is 3.87. The van der Waals surface area contributed by atoms with E-state index >= 15 is 0 Å². The first-order chi connectivity index (χ1) is 15.2. The van der Waals surface area contributed by atoms with Gasteiger partial charge in [0.1, 0.15) is 0 Å². The Kier molecular flexibility index (Phi) is 6.54. The Balaban J connectivity index is 1.58. The summed E-state index contributed by atoms with van der Waals surface area (Å²) in [5, 5.41) is 4.35. The lowest BCUT2D eigenvalue weighted by Gasteiger charge is -2.20. The van der Waals surface area contributed by atoms with E-state index in [1.807, 2.05) is 12.1 Å². The number of aromatic nitrogens is 3. The molecule has 10 nitrogen and oxygen atoms in total. The maximum absolute atomic E-state index is 5.51. The number of nitrogens with one attached hydrogen (secondary N) is 1. The van der Waals surface area contributed by atoms with Gasteiger partial charge in [0.05, 0.1) is 27.5 Å². The highest BCUT2D eigenvalue weighted by atomic mass is 16.5. The van der Waals surface area contributed by atoms with Crippen LogP contribution in [0.4, 0.5) is 17.8 Å². The molecule has 1 aromatic carbocycles. The Morgan fingerprint density at radius 1 is 0.806 bits per heavy atom. The summed E-state index contributed by atoms with van der Waals surface area (Å²) in [6, 6.07) is 3.66. The first-order valence-corrected chi connectivity index (χ1v) is 10.6. The zero-order chi connectivity index (χ0) is 21.6. The lowest BCUT2D eigenvalue weighted by molar-refractivity contribution is 0.324. The van der Waals surface area contributed by atoms with Gasteiger partial charge in [-0.1, -0.05) is 0 Å². The smallest absolute Gasteiger partial charge is 0.250 e. The largest absolute Gasteiger partial charge is 0.493 e. The zero-order valence-electron chi connectivity index (χ0n) is 18.3. The molecule has 2 saturated heterocycles. The molecule has 10 heteroatoms.